The number of alkyl halides is 3. The number of aliphatic hydroxyl groups is 1. The molecule has 0 spiro atoms. The molecule has 10 heteroatoms. The number of nitrogens with one attached hydrogen (secondary N) is 1. The van der Waals surface area contributed by atoms with Crippen LogP contribution in [0.5, 0.6) is 5.75 Å². The van der Waals surface area contributed by atoms with E-state index in [9.17, 15) is 23.1 Å². The summed E-state index contributed by atoms with van der Waals surface area (Å²) in [4.78, 5) is 18.6. The maximum atomic E-state index is 12.4. The van der Waals surface area contributed by atoms with Gasteiger partial charge in [-0.3, -0.25) is 4.79 Å². The van der Waals surface area contributed by atoms with Crippen LogP contribution in [0.3, 0.4) is 0 Å². The standard InChI is InChI=1S/C18H17BrF3N3O3/c1-17(27)6-7-25(10-17)15-14(19)8-11(9-23-15)16(26)24-12-2-4-13(5-3-12)28-18(20,21)22/h2-5,8-9,27H,6-7,10H2,1H3,(H,24,26)/t17-/m1/s1. The first-order valence-corrected chi connectivity index (χ1v) is 9.12. The lowest BCUT2D eigenvalue weighted by Gasteiger charge is -2.21. The van der Waals surface area contributed by atoms with E-state index >= 15 is 0 Å². The highest BCUT2D eigenvalue weighted by atomic mass is 79.9. The number of pyridine rings is 1. The van der Waals surface area contributed by atoms with Crippen LogP contribution in [0, 0.1) is 0 Å². The highest BCUT2D eigenvalue weighted by Gasteiger charge is 2.33. The third kappa shape index (κ3) is 5.14. The number of carbonyl (C=O) groups excluding carboxylic acids is 1. The van der Waals surface area contributed by atoms with Crippen LogP contribution >= 0.6 is 15.9 Å². The summed E-state index contributed by atoms with van der Waals surface area (Å²) in [5, 5.41) is 12.7. The summed E-state index contributed by atoms with van der Waals surface area (Å²) in [6.45, 7) is 2.85. The summed E-state index contributed by atoms with van der Waals surface area (Å²) in [5.74, 6) is -0.207. The van der Waals surface area contributed by atoms with Gasteiger partial charge in [0.2, 0.25) is 0 Å². The first kappa shape index (κ1) is 20.4. The number of nitrogens with zero attached hydrogens (tertiary/aromatic N) is 2. The van der Waals surface area contributed by atoms with E-state index in [2.05, 4.69) is 31.0 Å². The molecule has 0 unspecified atom stereocenters. The van der Waals surface area contributed by atoms with Crippen molar-refractivity contribution in [2.75, 3.05) is 23.3 Å². The fraction of sp³-hybridized carbons (Fsp3) is 0.333. The van der Waals surface area contributed by atoms with Gasteiger partial charge in [-0.1, -0.05) is 0 Å². The molecule has 2 N–H and O–H groups in total. The van der Waals surface area contributed by atoms with Crippen LogP contribution in [0.4, 0.5) is 24.7 Å². The van der Waals surface area contributed by atoms with Crippen molar-refractivity contribution in [3.63, 3.8) is 0 Å². The number of halogens is 4. The Morgan fingerprint density at radius 3 is 2.57 bits per heavy atom. The van der Waals surface area contributed by atoms with Gasteiger partial charge in [0, 0.05) is 25.0 Å². The monoisotopic (exact) mass is 459 g/mol. The quantitative estimate of drug-likeness (QED) is 0.723. The van der Waals surface area contributed by atoms with Crippen LogP contribution in [-0.2, 0) is 0 Å². The van der Waals surface area contributed by atoms with Crippen LogP contribution < -0.4 is 15.0 Å². The fourth-order valence-corrected chi connectivity index (χ4v) is 3.46. The Kier molecular flexibility index (Phi) is 5.53. The molecular formula is C18H17BrF3N3O3. The second kappa shape index (κ2) is 7.59. The Morgan fingerprint density at radius 1 is 1.36 bits per heavy atom. The third-order valence-corrected chi connectivity index (χ3v) is 4.76. The predicted octanol–water partition coefficient (Wildman–Crippen LogP) is 3.96. The number of anilines is 2. The Hall–Kier alpha value is -2.33. The molecule has 28 heavy (non-hydrogen) atoms. The van der Waals surface area contributed by atoms with E-state index in [4.69, 9.17) is 0 Å². The van der Waals surface area contributed by atoms with E-state index in [1.54, 1.807) is 13.0 Å². The molecule has 3 rings (SSSR count). The van der Waals surface area contributed by atoms with Gasteiger partial charge in [-0.15, -0.1) is 13.2 Å². The van der Waals surface area contributed by atoms with Crippen LogP contribution in [0.1, 0.15) is 23.7 Å². The van der Waals surface area contributed by atoms with Gasteiger partial charge in [0.25, 0.3) is 5.91 Å². The first-order valence-electron chi connectivity index (χ1n) is 8.32. The molecule has 0 saturated carbocycles. The predicted molar refractivity (Wildman–Crippen MR) is 100 cm³/mol. The highest BCUT2D eigenvalue weighted by Crippen LogP contribution is 2.31. The number of aromatic nitrogens is 1. The maximum absolute atomic E-state index is 12.4. The number of hydrogen-bond donors (Lipinski definition) is 2. The number of carbonyl (C=O) groups is 1. The molecule has 1 atom stereocenters. The van der Waals surface area contributed by atoms with E-state index < -0.39 is 17.9 Å². The normalized spacial score (nSPS) is 19.6. The molecule has 150 valence electrons. The van der Waals surface area contributed by atoms with Gasteiger partial charge in [-0.05, 0) is 59.6 Å². The van der Waals surface area contributed by atoms with Crippen molar-refractivity contribution < 1.29 is 27.8 Å². The topological polar surface area (TPSA) is 74.7 Å². The smallest absolute Gasteiger partial charge is 0.406 e. The van der Waals surface area contributed by atoms with Crippen LogP contribution in [-0.4, -0.2) is 41.1 Å². The summed E-state index contributed by atoms with van der Waals surface area (Å²) >= 11 is 3.40. The van der Waals surface area contributed by atoms with Crippen molar-refractivity contribution in [3.8, 4) is 5.75 Å². The molecule has 1 saturated heterocycles. The minimum atomic E-state index is -4.77. The Bertz CT molecular complexity index is 873. The molecule has 6 nitrogen and oxygen atoms in total. The van der Waals surface area contributed by atoms with Gasteiger partial charge in [-0.25, -0.2) is 4.98 Å². The van der Waals surface area contributed by atoms with Crippen molar-refractivity contribution >= 4 is 33.3 Å². The molecule has 1 aliphatic heterocycles. The van der Waals surface area contributed by atoms with Gasteiger partial charge < -0.3 is 20.1 Å². The molecule has 1 amide bonds. The van der Waals surface area contributed by atoms with E-state index in [1.807, 2.05) is 4.90 Å². The zero-order valence-electron chi connectivity index (χ0n) is 14.8. The van der Waals surface area contributed by atoms with Crippen molar-refractivity contribution in [2.45, 2.75) is 25.3 Å². The van der Waals surface area contributed by atoms with Crippen LogP contribution in [0.25, 0.3) is 0 Å². The Morgan fingerprint density at radius 2 is 2.04 bits per heavy atom. The molecule has 1 aromatic carbocycles. The molecule has 1 aliphatic rings. The highest BCUT2D eigenvalue weighted by molar-refractivity contribution is 9.10. The van der Waals surface area contributed by atoms with Gasteiger partial charge in [0.1, 0.15) is 11.6 Å². The zero-order chi connectivity index (χ0) is 20.5. The van der Waals surface area contributed by atoms with Crippen molar-refractivity contribution in [3.05, 3.63) is 46.6 Å². The number of β-amino-alcohol motifs (C(OH)–C–C–N with tert-alkyl or cyclic N) is 1. The van der Waals surface area contributed by atoms with E-state index in [1.165, 1.54) is 18.3 Å². The number of benzene rings is 1. The van der Waals surface area contributed by atoms with E-state index in [0.29, 0.717) is 35.5 Å². The van der Waals surface area contributed by atoms with E-state index in [-0.39, 0.29) is 11.3 Å². The summed E-state index contributed by atoms with van der Waals surface area (Å²) in [5.41, 5.74) is -0.188. The second-order valence-electron chi connectivity index (χ2n) is 6.72. The van der Waals surface area contributed by atoms with E-state index in [0.717, 1.165) is 12.1 Å². The molecule has 2 heterocycles. The SMILES string of the molecule is C[C@@]1(O)CCN(c2ncc(C(=O)Nc3ccc(OC(F)(F)F)cc3)cc2Br)C1. The lowest BCUT2D eigenvalue weighted by molar-refractivity contribution is -0.274. The number of rotatable bonds is 4. The summed E-state index contributed by atoms with van der Waals surface area (Å²) in [6, 6.07) is 6.44. The second-order valence-corrected chi connectivity index (χ2v) is 7.58. The van der Waals surface area contributed by atoms with Crippen LogP contribution in [0.15, 0.2) is 41.0 Å². The Balaban J connectivity index is 1.67. The molecule has 2 aromatic rings. The van der Waals surface area contributed by atoms with Crippen LogP contribution in [0.2, 0.25) is 0 Å². The van der Waals surface area contributed by atoms with Gasteiger partial charge >= 0.3 is 6.36 Å². The average molecular weight is 460 g/mol. The molecule has 0 aliphatic carbocycles. The van der Waals surface area contributed by atoms with Gasteiger partial charge in [-0.2, -0.15) is 0 Å². The third-order valence-electron chi connectivity index (χ3n) is 4.18. The van der Waals surface area contributed by atoms with Crippen molar-refractivity contribution in [1.82, 2.24) is 4.98 Å². The largest absolute Gasteiger partial charge is 0.573 e. The first-order chi connectivity index (χ1) is 13.0. The maximum Gasteiger partial charge on any atom is 0.573 e. The average Bonchev–Trinajstić information content (AvgIpc) is 2.95. The number of hydrogen-bond acceptors (Lipinski definition) is 5. The van der Waals surface area contributed by atoms with Gasteiger partial charge in [0.15, 0.2) is 0 Å². The molecule has 1 aromatic heterocycles. The molecule has 1 fully saturated rings. The molecular weight excluding hydrogens is 443 g/mol. The number of ether oxygens (including phenoxy) is 1. The lowest BCUT2D eigenvalue weighted by atomic mass is 10.1. The molecule has 0 radical (unpaired) electrons. The lowest BCUT2D eigenvalue weighted by Crippen LogP contribution is -2.30. The summed E-state index contributed by atoms with van der Waals surface area (Å²) in [7, 11) is 0. The summed E-state index contributed by atoms with van der Waals surface area (Å²) < 4.78 is 40.9. The number of amides is 1. The molecule has 0 bridgehead atoms. The fourth-order valence-electron chi connectivity index (χ4n) is 2.86. The van der Waals surface area contributed by atoms with Crippen molar-refractivity contribution in [2.24, 2.45) is 0 Å². The van der Waals surface area contributed by atoms with Crippen molar-refractivity contribution in [1.29, 1.82) is 0 Å². The minimum Gasteiger partial charge on any atom is -0.406 e. The minimum absolute atomic E-state index is 0.275. The summed E-state index contributed by atoms with van der Waals surface area (Å²) in [6.07, 6.45) is -2.74. The Labute approximate surface area is 167 Å². The van der Waals surface area contributed by atoms with Gasteiger partial charge in [0.05, 0.1) is 15.6 Å². The zero-order valence-corrected chi connectivity index (χ0v) is 16.3.